The number of para-hydroxylation sites is 1. The second-order valence-corrected chi connectivity index (χ2v) is 7.55. The lowest BCUT2D eigenvalue weighted by Gasteiger charge is -2.31. The van der Waals surface area contributed by atoms with E-state index in [1.165, 1.54) is 0 Å². The Morgan fingerprint density at radius 3 is 2.52 bits per heavy atom. The third kappa shape index (κ3) is 3.60. The molecule has 1 saturated heterocycles. The molecule has 1 N–H and O–H groups in total. The first-order valence-corrected chi connectivity index (χ1v) is 9.70. The normalized spacial score (nSPS) is 15.1. The summed E-state index contributed by atoms with van der Waals surface area (Å²) in [7, 11) is 0. The number of halogens is 1. The summed E-state index contributed by atoms with van der Waals surface area (Å²) in [5.74, 6) is 0.911. The van der Waals surface area contributed by atoms with Gasteiger partial charge in [0, 0.05) is 29.0 Å². The number of aromatic nitrogens is 3. The highest BCUT2D eigenvalue weighted by atomic mass is 79.9. The lowest BCUT2D eigenvalue weighted by molar-refractivity contribution is 0.0710. The van der Waals surface area contributed by atoms with Gasteiger partial charge in [0.25, 0.3) is 5.91 Å². The maximum Gasteiger partial charge on any atom is 0.347 e. The van der Waals surface area contributed by atoms with Crippen LogP contribution in [0.15, 0.2) is 63.9 Å². The summed E-state index contributed by atoms with van der Waals surface area (Å²) in [5, 5.41) is 6.84. The van der Waals surface area contributed by atoms with Crippen molar-refractivity contribution in [1.82, 2.24) is 19.7 Å². The number of likely N-dealkylation sites (tertiary alicyclic amines) is 1. The molecule has 27 heavy (non-hydrogen) atoms. The number of H-pyrrole nitrogens is 1. The molecule has 0 atom stereocenters. The Labute approximate surface area is 165 Å². The minimum atomic E-state index is -0.233. The molecule has 1 aromatic heterocycles. The summed E-state index contributed by atoms with van der Waals surface area (Å²) in [6, 6.07) is 17.0. The van der Waals surface area contributed by atoms with E-state index < -0.39 is 0 Å². The van der Waals surface area contributed by atoms with E-state index in [1.807, 2.05) is 59.5 Å². The molecule has 4 rings (SSSR count). The van der Waals surface area contributed by atoms with Crippen molar-refractivity contribution >= 4 is 21.8 Å². The van der Waals surface area contributed by atoms with Crippen molar-refractivity contribution in [2.45, 2.75) is 18.8 Å². The lowest BCUT2D eigenvalue weighted by Crippen LogP contribution is -2.38. The van der Waals surface area contributed by atoms with Crippen LogP contribution < -0.4 is 5.69 Å². The van der Waals surface area contributed by atoms with Crippen LogP contribution in [0.1, 0.15) is 34.9 Å². The van der Waals surface area contributed by atoms with Gasteiger partial charge in [0.2, 0.25) is 0 Å². The molecule has 1 fully saturated rings. The number of rotatable bonds is 3. The first-order chi connectivity index (χ1) is 13.1. The number of amides is 1. The molecule has 3 aromatic rings. The average molecular weight is 427 g/mol. The summed E-state index contributed by atoms with van der Waals surface area (Å²) in [5.41, 5.74) is 1.26. The molecule has 0 unspecified atom stereocenters. The molecule has 7 heteroatoms. The summed E-state index contributed by atoms with van der Waals surface area (Å²) < 4.78 is 2.53. The SMILES string of the molecule is O=C(c1cccc(Br)c1)N1CCC(c2n[nH]c(=O)n2-c2ccccc2)CC1. The molecule has 1 aliphatic heterocycles. The summed E-state index contributed by atoms with van der Waals surface area (Å²) >= 11 is 3.41. The van der Waals surface area contributed by atoms with Crippen molar-refractivity contribution in [3.63, 3.8) is 0 Å². The van der Waals surface area contributed by atoms with Crippen LogP contribution in [-0.4, -0.2) is 38.7 Å². The van der Waals surface area contributed by atoms with E-state index in [4.69, 9.17) is 0 Å². The zero-order valence-corrected chi connectivity index (χ0v) is 16.2. The van der Waals surface area contributed by atoms with Crippen LogP contribution in [0.2, 0.25) is 0 Å². The zero-order chi connectivity index (χ0) is 18.8. The van der Waals surface area contributed by atoms with Gasteiger partial charge in [-0.1, -0.05) is 40.2 Å². The highest BCUT2D eigenvalue weighted by Crippen LogP contribution is 2.28. The van der Waals surface area contributed by atoms with Crippen LogP contribution in [0.5, 0.6) is 0 Å². The second-order valence-electron chi connectivity index (χ2n) is 6.63. The van der Waals surface area contributed by atoms with Crippen LogP contribution in [-0.2, 0) is 0 Å². The molecular weight excluding hydrogens is 408 g/mol. The quantitative estimate of drug-likeness (QED) is 0.697. The number of benzene rings is 2. The molecule has 1 amide bonds. The molecule has 138 valence electrons. The molecule has 6 nitrogen and oxygen atoms in total. The van der Waals surface area contributed by atoms with Gasteiger partial charge >= 0.3 is 5.69 Å². The Balaban J connectivity index is 1.51. The molecule has 0 aliphatic carbocycles. The second kappa shape index (κ2) is 7.52. The molecule has 1 aliphatic rings. The molecule has 0 spiro atoms. The van der Waals surface area contributed by atoms with Crippen molar-refractivity contribution in [3.05, 3.63) is 80.9 Å². The molecule has 0 bridgehead atoms. The van der Waals surface area contributed by atoms with E-state index in [9.17, 15) is 9.59 Å². The third-order valence-corrected chi connectivity index (χ3v) is 5.42. The van der Waals surface area contributed by atoms with Crippen molar-refractivity contribution in [2.75, 3.05) is 13.1 Å². The standard InChI is InChI=1S/C20H19BrN4O2/c21-16-6-4-5-15(13-16)19(26)24-11-9-14(10-12-24)18-22-23-20(27)25(18)17-7-2-1-3-8-17/h1-8,13-14H,9-12H2,(H,23,27). The molecule has 0 radical (unpaired) electrons. The number of piperidine rings is 1. The lowest BCUT2D eigenvalue weighted by atomic mass is 9.95. The third-order valence-electron chi connectivity index (χ3n) is 4.93. The Hall–Kier alpha value is -2.67. The van der Waals surface area contributed by atoms with Gasteiger partial charge in [-0.3, -0.25) is 4.79 Å². The fourth-order valence-electron chi connectivity index (χ4n) is 3.55. The molecule has 0 saturated carbocycles. The topological polar surface area (TPSA) is 71.0 Å². The first-order valence-electron chi connectivity index (χ1n) is 8.91. The van der Waals surface area contributed by atoms with E-state index in [-0.39, 0.29) is 17.5 Å². The van der Waals surface area contributed by atoms with Gasteiger partial charge in [-0.15, -0.1) is 0 Å². The number of carbonyl (C=O) groups is 1. The van der Waals surface area contributed by atoms with Crippen molar-refractivity contribution in [1.29, 1.82) is 0 Å². The van der Waals surface area contributed by atoms with Crippen LogP contribution in [0.3, 0.4) is 0 Å². The molecule has 2 aromatic carbocycles. The van der Waals surface area contributed by atoms with E-state index in [0.717, 1.165) is 28.8 Å². The Kier molecular flexibility index (Phi) is 4.94. The average Bonchev–Trinajstić information content (AvgIpc) is 3.09. The van der Waals surface area contributed by atoms with Gasteiger partial charge in [-0.2, -0.15) is 5.10 Å². The summed E-state index contributed by atoms with van der Waals surface area (Å²) in [4.78, 5) is 26.8. The smallest absolute Gasteiger partial charge is 0.339 e. The van der Waals surface area contributed by atoms with Crippen LogP contribution in [0, 0.1) is 0 Å². The summed E-state index contributed by atoms with van der Waals surface area (Å²) in [6.07, 6.45) is 1.55. The van der Waals surface area contributed by atoms with Gasteiger partial charge < -0.3 is 4.90 Å². The number of nitrogens with one attached hydrogen (secondary N) is 1. The van der Waals surface area contributed by atoms with Crippen molar-refractivity contribution in [3.8, 4) is 5.69 Å². The van der Waals surface area contributed by atoms with E-state index in [0.29, 0.717) is 18.7 Å². The van der Waals surface area contributed by atoms with Gasteiger partial charge in [-0.25, -0.2) is 14.5 Å². The Morgan fingerprint density at radius 2 is 1.81 bits per heavy atom. The van der Waals surface area contributed by atoms with Crippen LogP contribution >= 0.6 is 15.9 Å². The van der Waals surface area contributed by atoms with Gasteiger partial charge in [0.05, 0.1) is 5.69 Å². The fraction of sp³-hybridized carbons (Fsp3) is 0.250. The van der Waals surface area contributed by atoms with Crippen molar-refractivity contribution < 1.29 is 4.79 Å². The maximum absolute atomic E-state index is 12.7. The number of nitrogens with zero attached hydrogens (tertiary/aromatic N) is 3. The van der Waals surface area contributed by atoms with E-state index >= 15 is 0 Å². The Morgan fingerprint density at radius 1 is 1.07 bits per heavy atom. The predicted molar refractivity (Wildman–Crippen MR) is 106 cm³/mol. The number of aromatic amines is 1. The van der Waals surface area contributed by atoms with Crippen LogP contribution in [0.25, 0.3) is 5.69 Å². The number of hydrogen-bond donors (Lipinski definition) is 1. The van der Waals surface area contributed by atoms with Gasteiger partial charge in [0.15, 0.2) is 0 Å². The molecular formula is C20H19BrN4O2. The van der Waals surface area contributed by atoms with E-state index in [1.54, 1.807) is 4.57 Å². The highest BCUT2D eigenvalue weighted by Gasteiger charge is 2.28. The molecule has 2 heterocycles. The number of hydrogen-bond acceptors (Lipinski definition) is 3. The van der Waals surface area contributed by atoms with Crippen molar-refractivity contribution in [2.24, 2.45) is 0 Å². The minimum absolute atomic E-state index is 0.0391. The van der Waals surface area contributed by atoms with E-state index in [2.05, 4.69) is 26.1 Å². The largest absolute Gasteiger partial charge is 0.347 e. The minimum Gasteiger partial charge on any atom is -0.339 e. The zero-order valence-electron chi connectivity index (χ0n) is 14.6. The maximum atomic E-state index is 12.7. The monoisotopic (exact) mass is 426 g/mol. The van der Waals surface area contributed by atoms with Gasteiger partial charge in [-0.05, 0) is 43.2 Å². The van der Waals surface area contributed by atoms with Crippen LogP contribution in [0.4, 0.5) is 0 Å². The first kappa shape index (κ1) is 17.7. The highest BCUT2D eigenvalue weighted by molar-refractivity contribution is 9.10. The summed E-state index contributed by atoms with van der Waals surface area (Å²) in [6.45, 7) is 1.29. The van der Waals surface area contributed by atoms with Gasteiger partial charge in [0.1, 0.15) is 5.82 Å². The predicted octanol–water partition coefficient (Wildman–Crippen LogP) is 3.34. The fourth-order valence-corrected chi connectivity index (χ4v) is 3.95. The number of carbonyl (C=O) groups excluding carboxylic acids is 1. The Bertz CT molecular complexity index is 1000.